The van der Waals surface area contributed by atoms with Crippen molar-refractivity contribution >= 4 is 0 Å². The number of rotatable bonds is 4. The molecule has 1 nitrogen and oxygen atoms in total. The topological polar surface area (TPSA) is 20.2 Å². The predicted molar refractivity (Wildman–Crippen MR) is 39.0 cm³/mol. The summed E-state index contributed by atoms with van der Waals surface area (Å²) in [7, 11) is 0. The lowest BCUT2D eigenvalue weighted by atomic mass is 10.1. The molecule has 0 bridgehead atoms. The Morgan fingerprint density at radius 3 is 2.67 bits per heavy atom. The molecule has 1 unspecified atom stereocenters. The second-order valence-electron chi connectivity index (χ2n) is 2.30. The van der Waals surface area contributed by atoms with Crippen LogP contribution in [-0.4, -0.2) is 11.2 Å². The molecular formula is C8H14O. The molecule has 0 aliphatic carbocycles. The molecule has 1 atom stereocenters. The Labute approximate surface area is 57.1 Å². The molecule has 0 aliphatic rings. The average Bonchev–Trinajstić information content (AvgIpc) is 1.80. The highest BCUT2D eigenvalue weighted by Gasteiger charge is 1.92. The molecule has 0 heterocycles. The number of unbranched alkanes of at least 4 members (excludes halogenated alkanes) is 2. The molecule has 0 amide bonds. The molecule has 0 fully saturated rings. The van der Waals surface area contributed by atoms with Gasteiger partial charge in [-0.1, -0.05) is 0 Å². The van der Waals surface area contributed by atoms with Crippen molar-refractivity contribution in [3.05, 3.63) is 0 Å². The highest BCUT2D eigenvalue weighted by molar-refractivity contribution is 4.82. The highest BCUT2D eigenvalue weighted by Crippen LogP contribution is 2.01. The highest BCUT2D eigenvalue weighted by atomic mass is 16.3. The zero-order chi connectivity index (χ0) is 7.11. The van der Waals surface area contributed by atoms with E-state index in [-0.39, 0.29) is 6.10 Å². The molecule has 0 saturated heterocycles. The van der Waals surface area contributed by atoms with Gasteiger partial charge >= 0.3 is 0 Å². The molecule has 0 spiro atoms. The quantitative estimate of drug-likeness (QED) is 0.447. The van der Waals surface area contributed by atoms with Crippen LogP contribution in [-0.2, 0) is 0 Å². The third kappa shape index (κ3) is 7.52. The Bertz CT molecular complexity index is 89.2. The van der Waals surface area contributed by atoms with Crippen molar-refractivity contribution in [1.29, 1.82) is 0 Å². The molecule has 0 saturated carbocycles. The van der Waals surface area contributed by atoms with Gasteiger partial charge in [-0.3, -0.25) is 0 Å². The fourth-order valence-electron chi connectivity index (χ4n) is 0.667. The van der Waals surface area contributed by atoms with Gasteiger partial charge in [-0.2, -0.15) is 0 Å². The van der Waals surface area contributed by atoms with E-state index < -0.39 is 0 Å². The molecule has 0 aromatic heterocycles. The van der Waals surface area contributed by atoms with Gasteiger partial charge in [-0.05, 0) is 26.2 Å². The van der Waals surface area contributed by atoms with Gasteiger partial charge in [0.2, 0.25) is 0 Å². The van der Waals surface area contributed by atoms with E-state index in [1.807, 2.05) is 0 Å². The third-order valence-electron chi connectivity index (χ3n) is 1.19. The van der Waals surface area contributed by atoms with Crippen LogP contribution in [0.4, 0.5) is 0 Å². The van der Waals surface area contributed by atoms with E-state index in [1.165, 1.54) is 0 Å². The molecule has 0 aromatic rings. The van der Waals surface area contributed by atoms with Gasteiger partial charge < -0.3 is 5.11 Å². The largest absolute Gasteiger partial charge is 0.393 e. The smallest absolute Gasteiger partial charge is 0.0512 e. The first kappa shape index (κ1) is 8.52. The fourth-order valence-corrected chi connectivity index (χ4v) is 0.667. The maximum atomic E-state index is 8.80. The number of aliphatic hydroxyl groups excluding tert-OH is 1. The van der Waals surface area contributed by atoms with Crippen LogP contribution in [0.5, 0.6) is 0 Å². The summed E-state index contributed by atoms with van der Waals surface area (Å²) in [5.74, 6) is 2.56. The van der Waals surface area contributed by atoms with E-state index in [9.17, 15) is 0 Å². The number of aliphatic hydroxyl groups is 1. The lowest BCUT2D eigenvalue weighted by molar-refractivity contribution is 0.181. The van der Waals surface area contributed by atoms with Crippen LogP contribution in [0.1, 0.15) is 32.6 Å². The first-order valence-corrected chi connectivity index (χ1v) is 3.39. The summed E-state index contributed by atoms with van der Waals surface area (Å²) in [6.07, 6.45) is 8.67. The van der Waals surface area contributed by atoms with Crippen molar-refractivity contribution in [3.63, 3.8) is 0 Å². The van der Waals surface area contributed by atoms with Crippen molar-refractivity contribution in [2.45, 2.75) is 38.7 Å². The Kier molecular flexibility index (Phi) is 5.35. The Morgan fingerprint density at radius 1 is 1.56 bits per heavy atom. The molecule has 0 rings (SSSR count). The van der Waals surface area contributed by atoms with Gasteiger partial charge in [-0.25, -0.2) is 0 Å². The minimum absolute atomic E-state index is 0.164. The summed E-state index contributed by atoms with van der Waals surface area (Å²) in [6, 6.07) is 0. The molecule has 0 aliphatic heterocycles. The van der Waals surface area contributed by atoms with Crippen LogP contribution >= 0.6 is 0 Å². The average molecular weight is 126 g/mol. The van der Waals surface area contributed by atoms with Crippen molar-refractivity contribution in [3.8, 4) is 12.3 Å². The van der Waals surface area contributed by atoms with Crippen LogP contribution < -0.4 is 0 Å². The first-order valence-electron chi connectivity index (χ1n) is 3.39. The molecule has 9 heavy (non-hydrogen) atoms. The maximum Gasteiger partial charge on any atom is 0.0512 e. The number of hydrogen-bond donors (Lipinski definition) is 1. The van der Waals surface area contributed by atoms with Gasteiger partial charge in [0.1, 0.15) is 0 Å². The van der Waals surface area contributed by atoms with Crippen molar-refractivity contribution in [2.24, 2.45) is 0 Å². The van der Waals surface area contributed by atoms with E-state index in [2.05, 4.69) is 5.92 Å². The summed E-state index contributed by atoms with van der Waals surface area (Å²) < 4.78 is 0. The molecule has 0 aromatic carbocycles. The Morgan fingerprint density at radius 2 is 2.22 bits per heavy atom. The van der Waals surface area contributed by atoms with Gasteiger partial charge in [0.25, 0.3) is 0 Å². The van der Waals surface area contributed by atoms with Gasteiger partial charge in [0.15, 0.2) is 0 Å². The van der Waals surface area contributed by atoms with E-state index in [0.717, 1.165) is 25.7 Å². The van der Waals surface area contributed by atoms with E-state index in [4.69, 9.17) is 11.5 Å². The minimum Gasteiger partial charge on any atom is -0.393 e. The third-order valence-corrected chi connectivity index (χ3v) is 1.19. The summed E-state index contributed by atoms with van der Waals surface area (Å²) in [5.41, 5.74) is 0. The van der Waals surface area contributed by atoms with Crippen LogP contribution in [0.2, 0.25) is 0 Å². The second kappa shape index (κ2) is 5.65. The standard InChI is InChI=1S/C8H14O/c1-3-4-5-6-7-8(2)9/h1,8-9H,4-7H2,2H3. The van der Waals surface area contributed by atoms with Crippen LogP contribution in [0.25, 0.3) is 0 Å². The Hall–Kier alpha value is -0.480. The van der Waals surface area contributed by atoms with Crippen molar-refractivity contribution < 1.29 is 5.11 Å². The van der Waals surface area contributed by atoms with Gasteiger partial charge in [0.05, 0.1) is 6.10 Å². The molecule has 1 N–H and O–H groups in total. The first-order chi connectivity index (χ1) is 4.27. The van der Waals surface area contributed by atoms with Crippen LogP contribution in [0, 0.1) is 12.3 Å². The predicted octanol–water partition coefficient (Wildman–Crippen LogP) is 1.56. The molecule has 52 valence electrons. The minimum atomic E-state index is -0.164. The van der Waals surface area contributed by atoms with Crippen molar-refractivity contribution in [1.82, 2.24) is 0 Å². The second-order valence-corrected chi connectivity index (χ2v) is 2.30. The fraction of sp³-hybridized carbons (Fsp3) is 0.750. The molecule has 1 heteroatoms. The van der Waals surface area contributed by atoms with Crippen molar-refractivity contribution in [2.75, 3.05) is 0 Å². The summed E-state index contributed by atoms with van der Waals surface area (Å²) in [6.45, 7) is 1.80. The lowest BCUT2D eigenvalue weighted by Crippen LogP contribution is -1.97. The number of terminal acetylenes is 1. The van der Waals surface area contributed by atoms with E-state index in [0.29, 0.717) is 0 Å². The van der Waals surface area contributed by atoms with Gasteiger partial charge in [0, 0.05) is 6.42 Å². The maximum absolute atomic E-state index is 8.80. The van der Waals surface area contributed by atoms with Crippen LogP contribution in [0.3, 0.4) is 0 Å². The normalized spacial score (nSPS) is 12.6. The summed E-state index contributed by atoms with van der Waals surface area (Å²) in [5, 5.41) is 8.80. The monoisotopic (exact) mass is 126 g/mol. The van der Waals surface area contributed by atoms with E-state index >= 15 is 0 Å². The van der Waals surface area contributed by atoms with Gasteiger partial charge in [-0.15, -0.1) is 12.3 Å². The van der Waals surface area contributed by atoms with E-state index in [1.54, 1.807) is 6.92 Å². The molecule has 0 radical (unpaired) electrons. The zero-order valence-electron chi connectivity index (χ0n) is 5.93. The zero-order valence-corrected chi connectivity index (χ0v) is 5.93. The Balaban J connectivity index is 2.85. The number of hydrogen-bond acceptors (Lipinski definition) is 1. The summed E-state index contributed by atoms with van der Waals surface area (Å²) >= 11 is 0. The SMILES string of the molecule is C#CCCCCC(C)O. The molecular weight excluding hydrogens is 112 g/mol. The lowest BCUT2D eigenvalue weighted by Gasteiger charge is -1.99. The summed E-state index contributed by atoms with van der Waals surface area (Å²) in [4.78, 5) is 0. The van der Waals surface area contributed by atoms with Crippen LogP contribution in [0.15, 0.2) is 0 Å².